The second-order valence-corrected chi connectivity index (χ2v) is 9.46. The van der Waals surface area contributed by atoms with Gasteiger partial charge in [-0.15, -0.1) is 0 Å². The molecular formula is C25H25Cl2N7O. The Morgan fingerprint density at radius 1 is 1.26 bits per heavy atom. The monoisotopic (exact) mass is 509 g/mol. The molecule has 0 radical (unpaired) electrons. The Labute approximate surface area is 214 Å². The fourth-order valence-corrected chi connectivity index (χ4v) is 4.62. The van der Waals surface area contributed by atoms with E-state index in [0.717, 1.165) is 19.6 Å². The minimum Gasteiger partial charge on any atom is -0.489 e. The van der Waals surface area contributed by atoms with E-state index in [2.05, 4.69) is 40.1 Å². The first-order chi connectivity index (χ1) is 16.7. The molecule has 0 amide bonds. The van der Waals surface area contributed by atoms with Crippen molar-refractivity contribution in [1.82, 2.24) is 15.3 Å². The first kappa shape index (κ1) is 24.7. The van der Waals surface area contributed by atoms with Crippen molar-refractivity contribution in [3.63, 3.8) is 0 Å². The zero-order valence-electron chi connectivity index (χ0n) is 19.4. The molecule has 1 fully saturated rings. The number of nitrogens with one attached hydrogen (secondary N) is 2. The summed E-state index contributed by atoms with van der Waals surface area (Å²) in [5.41, 5.74) is 8.73. The summed E-state index contributed by atoms with van der Waals surface area (Å²) < 4.78 is 5.86. The molecule has 8 nitrogen and oxygen atoms in total. The second-order valence-electron chi connectivity index (χ2n) is 8.65. The lowest BCUT2D eigenvalue weighted by Gasteiger charge is -2.49. The third-order valence-electron chi connectivity index (χ3n) is 5.89. The van der Waals surface area contributed by atoms with Crippen LogP contribution in [-0.4, -0.2) is 40.9 Å². The quantitative estimate of drug-likeness (QED) is 0.303. The van der Waals surface area contributed by atoms with E-state index in [9.17, 15) is 5.26 Å². The lowest BCUT2D eigenvalue weighted by Crippen LogP contribution is -2.68. The summed E-state index contributed by atoms with van der Waals surface area (Å²) in [5.74, 6) is 1.12. The van der Waals surface area contributed by atoms with Crippen LogP contribution in [0.25, 0.3) is 0 Å². The van der Waals surface area contributed by atoms with Crippen LogP contribution >= 0.6 is 23.2 Å². The molecule has 35 heavy (non-hydrogen) atoms. The molecule has 4 N–H and O–H groups in total. The standard InChI is InChI=1S/C25H25Cl2N7O/c1-3-33-25(2)13-34(14-25)24-15(8-28)6-16(9-32-24)23(30)18-7-17(4-5-22(18)29)35-12-19-20(26)10-31-11-21(19)27/h4-7,9-11,30,33H,3,12-14,29H2,1-2H3. The molecule has 2 aromatic heterocycles. The van der Waals surface area contributed by atoms with E-state index in [0.29, 0.717) is 49.6 Å². The number of ether oxygens (including phenoxy) is 1. The van der Waals surface area contributed by atoms with Gasteiger partial charge in [0.15, 0.2) is 0 Å². The first-order valence-electron chi connectivity index (χ1n) is 11.0. The average molecular weight is 510 g/mol. The van der Waals surface area contributed by atoms with E-state index in [1.807, 2.05) is 0 Å². The Bertz CT molecular complexity index is 1300. The van der Waals surface area contributed by atoms with Gasteiger partial charge in [0.2, 0.25) is 0 Å². The van der Waals surface area contributed by atoms with E-state index in [1.54, 1.807) is 30.5 Å². The molecule has 0 bridgehead atoms. The van der Waals surface area contributed by atoms with Crippen molar-refractivity contribution in [3.05, 3.63) is 75.2 Å². The van der Waals surface area contributed by atoms with Crippen LogP contribution in [-0.2, 0) is 6.61 Å². The van der Waals surface area contributed by atoms with Crippen LogP contribution in [0.3, 0.4) is 0 Å². The third-order valence-corrected chi connectivity index (χ3v) is 6.54. The number of hydrogen-bond donors (Lipinski definition) is 3. The Morgan fingerprint density at radius 2 is 1.97 bits per heavy atom. The topological polar surface area (TPSA) is 124 Å². The SMILES string of the molecule is CCNC1(C)CN(c2ncc(C(=N)c3cc(OCc4c(Cl)cncc4Cl)ccc3N)cc2C#N)C1. The molecule has 1 aliphatic heterocycles. The van der Waals surface area contributed by atoms with Gasteiger partial charge in [-0.3, -0.25) is 10.4 Å². The van der Waals surface area contributed by atoms with Gasteiger partial charge in [0.1, 0.15) is 24.2 Å². The van der Waals surface area contributed by atoms with Gasteiger partial charge in [0, 0.05) is 54.1 Å². The van der Waals surface area contributed by atoms with Gasteiger partial charge in [0.25, 0.3) is 0 Å². The van der Waals surface area contributed by atoms with Gasteiger partial charge >= 0.3 is 0 Å². The summed E-state index contributed by atoms with van der Waals surface area (Å²) in [5, 5.41) is 22.8. The van der Waals surface area contributed by atoms with Crippen molar-refractivity contribution in [2.24, 2.45) is 0 Å². The molecule has 0 unspecified atom stereocenters. The van der Waals surface area contributed by atoms with Crippen LogP contribution in [0.15, 0.2) is 42.9 Å². The average Bonchev–Trinajstić information content (AvgIpc) is 2.82. The van der Waals surface area contributed by atoms with Crippen molar-refractivity contribution < 1.29 is 4.74 Å². The predicted octanol–water partition coefficient (Wildman–Crippen LogP) is 4.42. The molecule has 10 heteroatoms. The van der Waals surface area contributed by atoms with Crippen molar-refractivity contribution in [2.75, 3.05) is 30.3 Å². The van der Waals surface area contributed by atoms with Gasteiger partial charge in [-0.05, 0) is 37.7 Å². The number of aromatic nitrogens is 2. The summed E-state index contributed by atoms with van der Waals surface area (Å²) >= 11 is 12.3. The van der Waals surface area contributed by atoms with Crippen LogP contribution in [0.5, 0.6) is 5.75 Å². The third kappa shape index (κ3) is 5.17. The van der Waals surface area contributed by atoms with Gasteiger partial charge < -0.3 is 20.7 Å². The Kier molecular flexibility index (Phi) is 7.13. The minimum atomic E-state index is 0.00808. The van der Waals surface area contributed by atoms with Gasteiger partial charge in [-0.1, -0.05) is 30.1 Å². The lowest BCUT2D eigenvalue weighted by molar-refractivity contribution is 0.286. The summed E-state index contributed by atoms with van der Waals surface area (Å²) in [6, 6.07) is 8.96. The summed E-state index contributed by atoms with van der Waals surface area (Å²) in [6.45, 7) is 6.76. The normalized spacial score (nSPS) is 14.2. The molecular weight excluding hydrogens is 485 g/mol. The van der Waals surface area contributed by atoms with Crippen LogP contribution in [0.1, 0.15) is 36.1 Å². The smallest absolute Gasteiger partial charge is 0.146 e. The van der Waals surface area contributed by atoms with Crippen molar-refractivity contribution in [2.45, 2.75) is 26.0 Å². The zero-order valence-corrected chi connectivity index (χ0v) is 20.9. The number of benzene rings is 1. The predicted molar refractivity (Wildman–Crippen MR) is 139 cm³/mol. The molecule has 180 valence electrons. The minimum absolute atomic E-state index is 0.00808. The van der Waals surface area contributed by atoms with Gasteiger partial charge in [-0.25, -0.2) is 4.98 Å². The number of likely N-dealkylation sites (N-methyl/N-ethyl adjacent to an activating group) is 1. The largest absolute Gasteiger partial charge is 0.489 e. The second kappa shape index (κ2) is 10.1. The molecule has 3 aromatic rings. The highest BCUT2D eigenvalue weighted by molar-refractivity contribution is 6.35. The summed E-state index contributed by atoms with van der Waals surface area (Å²) in [4.78, 5) is 10.5. The first-order valence-corrected chi connectivity index (χ1v) is 11.8. The molecule has 0 saturated carbocycles. The van der Waals surface area contributed by atoms with E-state index >= 15 is 0 Å². The van der Waals surface area contributed by atoms with Crippen LogP contribution < -0.4 is 20.7 Å². The van der Waals surface area contributed by atoms with E-state index in [-0.39, 0.29) is 17.9 Å². The number of anilines is 2. The number of hydrogen-bond acceptors (Lipinski definition) is 8. The number of nitrogens with two attached hydrogens (primary N) is 1. The number of rotatable bonds is 8. The zero-order chi connectivity index (χ0) is 25.2. The van der Waals surface area contributed by atoms with E-state index in [1.165, 1.54) is 12.4 Å². The molecule has 1 aromatic carbocycles. The van der Waals surface area contributed by atoms with Crippen molar-refractivity contribution >= 4 is 40.4 Å². The highest BCUT2D eigenvalue weighted by atomic mass is 35.5. The van der Waals surface area contributed by atoms with E-state index in [4.69, 9.17) is 39.1 Å². The van der Waals surface area contributed by atoms with Crippen LogP contribution in [0.4, 0.5) is 11.5 Å². The number of nitrogen functional groups attached to an aromatic ring is 1. The Hall–Kier alpha value is -3.38. The number of halogens is 2. The molecule has 0 spiro atoms. The van der Waals surface area contributed by atoms with Gasteiger partial charge in [-0.2, -0.15) is 5.26 Å². The lowest BCUT2D eigenvalue weighted by atomic mass is 9.91. The maximum atomic E-state index is 9.75. The Morgan fingerprint density at radius 3 is 2.63 bits per heavy atom. The van der Waals surface area contributed by atoms with Gasteiger partial charge in [0.05, 0.1) is 26.9 Å². The fraction of sp³-hybridized carbons (Fsp3) is 0.280. The molecule has 1 aliphatic rings. The van der Waals surface area contributed by atoms with E-state index < -0.39 is 0 Å². The molecule has 3 heterocycles. The maximum absolute atomic E-state index is 9.75. The van der Waals surface area contributed by atoms with Crippen LogP contribution in [0.2, 0.25) is 10.0 Å². The fourth-order valence-electron chi connectivity index (χ4n) is 4.14. The summed E-state index contributed by atoms with van der Waals surface area (Å²) in [6.07, 6.45) is 4.60. The molecule has 0 atom stereocenters. The number of pyridine rings is 2. The van der Waals surface area contributed by atoms with Crippen molar-refractivity contribution in [3.8, 4) is 11.8 Å². The molecule has 4 rings (SSSR count). The number of nitrogens with zero attached hydrogens (tertiary/aromatic N) is 4. The highest BCUT2D eigenvalue weighted by Gasteiger charge is 2.39. The highest BCUT2D eigenvalue weighted by Crippen LogP contribution is 2.30. The summed E-state index contributed by atoms with van der Waals surface area (Å²) in [7, 11) is 0. The molecule has 1 saturated heterocycles. The van der Waals surface area contributed by atoms with Crippen molar-refractivity contribution in [1.29, 1.82) is 10.7 Å². The van der Waals surface area contributed by atoms with Crippen LogP contribution in [0, 0.1) is 16.7 Å². The maximum Gasteiger partial charge on any atom is 0.146 e. The molecule has 0 aliphatic carbocycles. The Balaban J connectivity index is 1.54. The number of nitriles is 1.